The number of nitrogen functional groups attached to an aromatic ring is 1. The van der Waals surface area contributed by atoms with Gasteiger partial charge in [-0.3, -0.25) is 4.72 Å². The average Bonchev–Trinajstić information content (AvgIpc) is 2.46. The Morgan fingerprint density at radius 2 is 1.95 bits per heavy atom. The SMILES string of the molecule is CCCOc1ccc(NS(=O)(=O)c2cccnc2N)cc1. The third-order valence-electron chi connectivity index (χ3n) is 2.67. The molecular weight excluding hydrogens is 290 g/mol. The minimum atomic E-state index is -3.75. The molecule has 21 heavy (non-hydrogen) atoms. The molecule has 0 saturated carbocycles. The number of sulfonamides is 1. The highest BCUT2D eigenvalue weighted by Gasteiger charge is 2.17. The Morgan fingerprint density at radius 1 is 1.24 bits per heavy atom. The van der Waals surface area contributed by atoms with E-state index in [9.17, 15) is 8.42 Å². The zero-order chi connectivity index (χ0) is 15.3. The van der Waals surface area contributed by atoms with E-state index < -0.39 is 10.0 Å². The molecule has 7 heteroatoms. The predicted molar refractivity (Wildman–Crippen MR) is 81.7 cm³/mol. The van der Waals surface area contributed by atoms with E-state index in [0.717, 1.165) is 6.42 Å². The van der Waals surface area contributed by atoms with E-state index in [2.05, 4.69) is 9.71 Å². The van der Waals surface area contributed by atoms with Gasteiger partial charge in [0.2, 0.25) is 0 Å². The molecule has 1 heterocycles. The van der Waals surface area contributed by atoms with Crippen LogP contribution in [0.25, 0.3) is 0 Å². The summed E-state index contributed by atoms with van der Waals surface area (Å²) in [6.45, 7) is 2.64. The highest BCUT2D eigenvalue weighted by Crippen LogP contribution is 2.21. The van der Waals surface area contributed by atoms with E-state index >= 15 is 0 Å². The Bertz CT molecular complexity index is 700. The maximum atomic E-state index is 12.2. The standard InChI is InChI=1S/C14H17N3O3S/c1-2-10-20-12-7-5-11(6-8-12)17-21(18,19)13-4-3-9-16-14(13)15/h3-9,17H,2,10H2,1H3,(H2,15,16). The topological polar surface area (TPSA) is 94.3 Å². The molecule has 0 aliphatic heterocycles. The molecule has 0 amide bonds. The van der Waals surface area contributed by atoms with Crippen LogP contribution in [0.2, 0.25) is 0 Å². The molecule has 6 nitrogen and oxygen atoms in total. The number of hydrogen-bond donors (Lipinski definition) is 2. The predicted octanol–water partition coefficient (Wildman–Crippen LogP) is 2.25. The van der Waals surface area contributed by atoms with Crippen LogP contribution in [0.5, 0.6) is 5.75 Å². The maximum Gasteiger partial charge on any atom is 0.265 e. The number of rotatable bonds is 6. The molecule has 2 rings (SSSR count). The number of hydrogen-bond acceptors (Lipinski definition) is 5. The van der Waals surface area contributed by atoms with E-state index in [1.54, 1.807) is 24.3 Å². The molecule has 0 radical (unpaired) electrons. The van der Waals surface area contributed by atoms with Gasteiger partial charge in [-0.15, -0.1) is 0 Å². The Labute approximate surface area is 124 Å². The maximum absolute atomic E-state index is 12.2. The fourth-order valence-corrected chi connectivity index (χ4v) is 2.82. The second kappa shape index (κ2) is 6.45. The first-order valence-corrected chi connectivity index (χ1v) is 7.97. The van der Waals surface area contributed by atoms with Crippen LogP contribution in [0.1, 0.15) is 13.3 Å². The van der Waals surface area contributed by atoms with Gasteiger partial charge in [-0.1, -0.05) is 6.92 Å². The fourth-order valence-electron chi connectivity index (χ4n) is 1.68. The molecule has 2 aromatic rings. The average molecular weight is 307 g/mol. The van der Waals surface area contributed by atoms with Crippen LogP contribution in [-0.4, -0.2) is 20.0 Å². The largest absolute Gasteiger partial charge is 0.494 e. The normalized spacial score (nSPS) is 11.1. The van der Waals surface area contributed by atoms with Crippen LogP contribution in [0.4, 0.5) is 11.5 Å². The molecule has 0 fully saturated rings. The van der Waals surface area contributed by atoms with E-state index in [-0.39, 0.29) is 10.7 Å². The molecule has 112 valence electrons. The van der Waals surface area contributed by atoms with Crippen LogP contribution < -0.4 is 15.2 Å². The summed E-state index contributed by atoms with van der Waals surface area (Å²) >= 11 is 0. The third-order valence-corrected chi connectivity index (χ3v) is 4.10. The number of nitrogens with zero attached hydrogens (tertiary/aromatic N) is 1. The number of ether oxygens (including phenoxy) is 1. The molecule has 0 aliphatic carbocycles. The van der Waals surface area contributed by atoms with Crippen LogP contribution in [0.3, 0.4) is 0 Å². The van der Waals surface area contributed by atoms with Crippen LogP contribution in [0.15, 0.2) is 47.5 Å². The minimum absolute atomic E-state index is 0.0344. The number of benzene rings is 1. The van der Waals surface area contributed by atoms with Crippen LogP contribution in [-0.2, 0) is 10.0 Å². The summed E-state index contributed by atoms with van der Waals surface area (Å²) in [6.07, 6.45) is 2.35. The van der Waals surface area contributed by atoms with E-state index in [1.807, 2.05) is 6.92 Å². The van der Waals surface area contributed by atoms with Crippen molar-refractivity contribution in [1.82, 2.24) is 4.98 Å². The number of aromatic nitrogens is 1. The van der Waals surface area contributed by atoms with Gasteiger partial charge in [0.05, 0.1) is 6.61 Å². The van der Waals surface area contributed by atoms with Gasteiger partial charge >= 0.3 is 0 Å². The number of pyridine rings is 1. The van der Waals surface area contributed by atoms with Crippen molar-refractivity contribution < 1.29 is 13.2 Å². The van der Waals surface area contributed by atoms with E-state index in [0.29, 0.717) is 18.0 Å². The van der Waals surface area contributed by atoms with E-state index in [1.165, 1.54) is 18.3 Å². The highest BCUT2D eigenvalue weighted by molar-refractivity contribution is 7.92. The third kappa shape index (κ3) is 3.85. The minimum Gasteiger partial charge on any atom is -0.494 e. The molecule has 0 atom stereocenters. The second-order valence-corrected chi connectivity index (χ2v) is 6.02. The summed E-state index contributed by atoms with van der Waals surface area (Å²) in [5, 5.41) is 0. The molecule has 0 saturated heterocycles. The number of nitrogens with one attached hydrogen (secondary N) is 1. The van der Waals surface area contributed by atoms with Gasteiger partial charge < -0.3 is 10.5 Å². The van der Waals surface area contributed by atoms with Gasteiger partial charge in [-0.05, 0) is 42.8 Å². The molecule has 0 bridgehead atoms. The first-order valence-electron chi connectivity index (χ1n) is 6.49. The van der Waals surface area contributed by atoms with Gasteiger partial charge in [0.15, 0.2) is 0 Å². The summed E-state index contributed by atoms with van der Waals surface area (Å²) in [5.74, 6) is 0.661. The van der Waals surface area contributed by atoms with Crippen LogP contribution >= 0.6 is 0 Å². The van der Waals surface area contributed by atoms with Crippen molar-refractivity contribution in [3.8, 4) is 5.75 Å². The lowest BCUT2D eigenvalue weighted by Crippen LogP contribution is -2.15. The summed E-state index contributed by atoms with van der Waals surface area (Å²) < 4.78 is 32.3. The zero-order valence-electron chi connectivity index (χ0n) is 11.6. The molecule has 3 N–H and O–H groups in total. The molecule has 0 aliphatic rings. The van der Waals surface area contributed by atoms with Crippen molar-refractivity contribution in [3.63, 3.8) is 0 Å². The Balaban J connectivity index is 2.16. The fraction of sp³-hybridized carbons (Fsp3) is 0.214. The summed E-state index contributed by atoms with van der Waals surface area (Å²) in [7, 11) is -3.75. The van der Waals surface area contributed by atoms with Crippen molar-refractivity contribution in [3.05, 3.63) is 42.6 Å². The number of anilines is 2. The Hall–Kier alpha value is -2.28. The monoisotopic (exact) mass is 307 g/mol. The molecule has 1 aromatic carbocycles. The van der Waals surface area contributed by atoms with Crippen molar-refractivity contribution in [2.75, 3.05) is 17.1 Å². The highest BCUT2D eigenvalue weighted by atomic mass is 32.2. The van der Waals surface area contributed by atoms with Crippen molar-refractivity contribution >= 4 is 21.5 Å². The van der Waals surface area contributed by atoms with Crippen LogP contribution in [0, 0.1) is 0 Å². The first-order chi connectivity index (χ1) is 10.0. The second-order valence-electron chi connectivity index (χ2n) is 4.37. The van der Waals surface area contributed by atoms with Gasteiger partial charge in [0.25, 0.3) is 10.0 Å². The summed E-state index contributed by atoms with van der Waals surface area (Å²) in [4.78, 5) is 3.73. The molecule has 0 spiro atoms. The van der Waals surface area contributed by atoms with Gasteiger partial charge in [0, 0.05) is 11.9 Å². The lowest BCUT2D eigenvalue weighted by molar-refractivity contribution is 0.317. The lowest BCUT2D eigenvalue weighted by atomic mass is 10.3. The Kier molecular flexibility index (Phi) is 4.64. The van der Waals surface area contributed by atoms with Crippen molar-refractivity contribution in [2.45, 2.75) is 18.2 Å². The lowest BCUT2D eigenvalue weighted by Gasteiger charge is -2.10. The summed E-state index contributed by atoms with van der Waals surface area (Å²) in [6, 6.07) is 9.61. The molecular formula is C14H17N3O3S. The smallest absolute Gasteiger partial charge is 0.265 e. The van der Waals surface area contributed by atoms with Gasteiger partial charge in [-0.2, -0.15) is 0 Å². The van der Waals surface area contributed by atoms with Crippen molar-refractivity contribution in [2.24, 2.45) is 0 Å². The molecule has 1 aromatic heterocycles. The van der Waals surface area contributed by atoms with Gasteiger partial charge in [0.1, 0.15) is 16.5 Å². The quantitative estimate of drug-likeness (QED) is 0.853. The van der Waals surface area contributed by atoms with E-state index in [4.69, 9.17) is 10.5 Å². The van der Waals surface area contributed by atoms with Crippen molar-refractivity contribution in [1.29, 1.82) is 0 Å². The first kappa shape index (κ1) is 15.1. The summed E-state index contributed by atoms with van der Waals surface area (Å²) in [5.41, 5.74) is 6.02. The van der Waals surface area contributed by atoms with Gasteiger partial charge in [-0.25, -0.2) is 13.4 Å². The zero-order valence-corrected chi connectivity index (χ0v) is 12.4. The number of nitrogens with two attached hydrogens (primary N) is 1. The Morgan fingerprint density at radius 3 is 2.57 bits per heavy atom. The molecule has 0 unspecified atom stereocenters.